The molecule has 1 spiro atoms. The van der Waals surface area contributed by atoms with Gasteiger partial charge in [-0.3, -0.25) is 9.88 Å². The first-order chi connectivity index (χ1) is 10.7. The Bertz CT molecular complexity index is 634. The van der Waals surface area contributed by atoms with Crippen LogP contribution in [0.2, 0.25) is 0 Å². The molecule has 116 valence electrons. The van der Waals surface area contributed by atoms with Gasteiger partial charge in [-0.2, -0.15) is 0 Å². The number of hydrogen-bond donors (Lipinski definition) is 0. The fourth-order valence-corrected chi connectivity index (χ4v) is 3.75. The first kappa shape index (κ1) is 13.9. The number of nitrogens with zero attached hydrogens (tertiary/aromatic N) is 3. The average Bonchev–Trinajstić information content (AvgIpc) is 3.07. The van der Waals surface area contributed by atoms with Crippen LogP contribution in [0, 0.1) is 12.3 Å². The Morgan fingerprint density at radius 2 is 2.32 bits per heavy atom. The summed E-state index contributed by atoms with van der Waals surface area (Å²) >= 11 is 0. The molecule has 2 aliphatic rings. The zero-order valence-electron chi connectivity index (χ0n) is 12.9. The van der Waals surface area contributed by atoms with Crippen molar-refractivity contribution >= 4 is 0 Å². The van der Waals surface area contributed by atoms with Gasteiger partial charge in [0.15, 0.2) is 5.89 Å². The Hall–Kier alpha value is -1.72. The van der Waals surface area contributed by atoms with Gasteiger partial charge in [-0.25, -0.2) is 4.98 Å². The quantitative estimate of drug-likeness (QED) is 0.866. The predicted molar refractivity (Wildman–Crippen MR) is 81.2 cm³/mol. The summed E-state index contributed by atoms with van der Waals surface area (Å²) in [6.07, 6.45) is 7.97. The summed E-state index contributed by atoms with van der Waals surface area (Å²) < 4.78 is 11.3. The lowest BCUT2D eigenvalue weighted by Crippen LogP contribution is -2.56. The fraction of sp³-hybridized carbons (Fsp3) is 0.529. The first-order valence-corrected chi connectivity index (χ1v) is 7.85. The summed E-state index contributed by atoms with van der Waals surface area (Å²) in [5.41, 5.74) is 2.64. The zero-order valence-corrected chi connectivity index (χ0v) is 12.9. The standard InChI is InChI=1S/C17H21N3O2/c1-13-19-15(9-21-13)8-20-10-17(11-20)6-16(22-12-17)5-14-3-2-4-18-7-14/h2-4,7,9,16H,5-6,8,10-12H2,1H3/t16-/m1/s1. The molecule has 2 saturated heterocycles. The molecular weight excluding hydrogens is 278 g/mol. The van der Waals surface area contributed by atoms with Gasteiger partial charge in [0.1, 0.15) is 6.26 Å². The van der Waals surface area contributed by atoms with Crippen molar-refractivity contribution in [3.05, 3.63) is 47.9 Å². The van der Waals surface area contributed by atoms with E-state index < -0.39 is 0 Å². The minimum absolute atomic E-state index is 0.334. The third-order valence-corrected chi connectivity index (χ3v) is 4.64. The van der Waals surface area contributed by atoms with Crippen molar-refractivity contribution in [1.82, 2.24) is 14.9 Å². The summed E-state index contributed by atoms with van der Waals surface area (Å²) in [6, 6.07) is 4.12. The van der Waals surface area contributed by atoms with E-state index in [1.807, 2.05) is 25.4 Å². The van der Waals surface area contributed by atoms with Crippen LogP contribution in [-0.2, 0) is 17.7 Å². The minimum atomic E-state index is 0.334. The first-order valence-electron chi connectivity index (χ1n) is 7.85. The molecule has 0 bridgehead atoms. The Kier molecular flexibility index (Phi) is 3.47. The van der Waals surface area contributed by atoms with Gasteiger partial charge >= 0.3 is 0 Å². The van der Waals surface area contributed by atoms with Crippen molar-refractivity contribution < 1.29 is 9.15 Å². The highest BCUT2D eigenvalue weighted by Gasteiger charge is 2.48. The van der Waals surface area contributed by atoms with Crippen molar-refractivity contribution in [2.45, 2.75) is 32.4 Å². The smallest absolute Gasteiger partial charge is 0.191 e. The molecule has 22 heavy (non-hydrogen) atoms. The molecule has 4 rings (SSSR count). The Balaban J connectivity index is 1.29. The molecule has 4 heterocycles. The molecule has 2 fully saturated rings. The summed E-state index contributed by atoms with van der Waals surface area (Å²) in [4.78, 5) is 11.0. The minimum Gasteiger partial charge on any atom is -0.449 e. The highest BCUT2D eigenvalue weighted by atomic mass is 16.5. The molecule has 5 nitrogen and oxygen atoms in total. The summed E-state index contributed by atoms with van der Waals surface area (Å²) in [5.74, 6) is 0.742. The second-order valence-electron chi connectivity index (χ2n) is 6.71. The van der Waals surface area contributed by atoms with Crippen molar-refractivity contribution in [3.63, 3.8) is 0 Å². The number of hydrogen-bond acceptors (Lipinski definition) is 5. The number of pyridine rings is 1. The normalized spacial score (nSPS) is 23.8. The molecule has 1 atom stereocenters. The van der Waals surface area contributed by atoms with Gasteiger partial charge in [-0.1, -0.05) is 6.07 Å². The maximum absolute atomic E-state index is 6.03. The van der Waals surface area contributed by atoms with E-state index in [1.165, 1.54) is 5.56 Å². The van der Waals surface area contributed by atoms with Crippen LogP contribution in [0.1, 0.15) is 23.6 Å². The average molecular weight is 299 g/mol. The van der Waals surface area contributed by atoms with Crippen molar-refractivity contribution in [3.8, 4) is 0 Å². The number of likely N-dealkylation sites (tertiary alicyclic amines) is 1. The largest absolute Gasteiger partial charge is 0.449 e. The molecule has 0 amide bonds. The fourth-order valence-electron chi connectivity index (χ4n) is 3.75. The van der Waals surface area contributed by atoms with E-state index in [2.05, 4.69) is 20.9 Å². The number of rotatable bonds is 4. The van der Waals surface area contributed by atoms with Crippen LogP contribution in [0.3, 0.4) is 0 Å². The van der Waals surface area contributed by atoms with Crippen molar-refractivity contribution in [2.24, 2.45) is 5.41 Å². The molecule has 0 radical (unpaired) electrons. The van der Waals surface area contributed by atoms with Crippen molar-refractivity contribution in [2.75, 3.05) is 19.7 Å². The Morgan fingerprint density at radius 1 is 1.41 bits per heavy atom. The lowest BCUT2D eigenvalue weighted by molar-refractivity contribution is -0.0147. The van der Waals surface area contributed by atoms with Gasteiger partial charge in [0.25, 0.3) is 0 Å². The lowest BCUT2D eigenvalue weighted by Gasteiger charge is -2.47. The molecule has 0 aromatic carbocycles. The van der Waals surface area contributed by atoms with E-state index in [0.717, 1.165) is 50.7 Å². The van der Waals surface area contributed by atoms with Crippen LogP contribution in [0.25, 0.3) is 0 Å². The van der Waals surface area contributed by atoms with Gasteiger partial charge < -0.3 is 9.15 Å². The second kappa shape index (κ2) is 5.48. The SMILES string of the molecule is Cc1nc(CN2CC3(CO[C@H](Cc4cccnc4)C3)C2)co1. The van der Waals surface area contributed by atoms with Gasteiger partial charge in [-0.05, 0) is 18.1 Å². The third-order valence-electron chi connectivity index (χ3n) is 4.64. The highest BCUT2D eigenvalue weighted by molar-refractivity contribution is 5.12. The molecule has 0 aliphatic carbocycles. The van der Waals surface area contributed by atoms with Crippen LogP contribution < -0.4 is 0 Å². The maximum atomic E-state index is 6.03. The molecule has 5 heteroatoms. The summed E-state index contributed by atoms with van der Waals surface area (Å²) in [7, 11) is 0. The maximum Gasteiger partial charge on any atom is 0.191 e. The monoisotopic (exact) mass is 299 g/mol. The Morgan fingerprint density at radius 3 is 3.05 bits per heavy atom. The molecule has 2 aliphatic heterocycles. The molecule has 0 N–H and O–H groups in total. The molecule has 2 aromatic rings. The van der Waals surface area contributed by atoms with Crippen molar-refractivity contribution in [1.29, 1.82) is 0 Å². The second-order valence-corrected chi connectivity index (χ2v) is 6.71. The number of ether oxygens (including phenoxy) is 1. The van der Waals surface area contributed by atoms with E-state index >= 15 is 0 Å². The Labute approximate surface area is 130 Å². The molecule has 2 aromatic heterocycles. The highest BCUT2D eigenvalue weighted by Crippen LogP contribution is 2.42. The van der Waals surface area contributed by atoms with Gasteiger partial charge in [0.05, 0.1) is 18.4 Å². The number of aryl methyl sites for hydroxylation is 1. The van der Waals surface area contributed by atoms with Gasteiger partial charge in [0, 0.05) is 50.8 Å². The topological polar surface area (TPSA) is 51.4 Å². The van der Waals surface area contributed by atoms with Crippen LogP contribution >= 0.6 is 0 Å². The number of aromatic nitrogens is 2. The molecule has 0 saturated carbocycles. The molecule has 0 unspecified atom stereocenters. The van der Waals surface area contributed by atoms with E-state index in [9.17, 15) is 0 Å². The van der Waals surface area contributed by atoms with Crippen LogP contribution in [-0.4, -0.2) is 40.7 Å². The van der Waals surface area contributed by atoms with E-state index in [-0.39, 0.29) is 0 Å². The van der Waals surface area contributed by atoms with E-state index in [4.69, 9.17) is 9.15 Å². The van der Waals surface area contributed by atoms with Gasteiger partial charge in [-0.15, -0.1) is 0 Å². The van der Waals surface area contributed by atoms with Crippen LogP contribution in [0.15, 0.2) is 35.2 Å². The van der Waals surface area contributed by atoms with E-state index in [0.29, 0.717) is 11.5 Å². The summed E-state index contributed by atoms with van der Waals surface area (Å²) in [5, 5.41) is 0. The summed E-state index contributed by atoms with van der Waals surface area (Å²) in [6.45, 7) is 5.85. The molecular formula is C17H21N3O2. The van der Waals surface area contributed by atoms with Crippen LogP contribution in [0.4, 0.5) is 0 Å². The van der Waals surface area contributed by atoms with Crippen LogP contribution in [0.5, 0.6) is 0 Å². The lowest BCUT2D eigenvalue weighted by atomic mass is 9.77. The van der Waals surface area contributed by atoms with Gasteiger partial charge in [0.2, 0.25) is 0 Å². The predicted octanol–water partition coefficient (Wildman–Crippen LogP) is 2.21. The number of oxazole rings is 1. The van der Waals surface area contributed by atoms with E-state index in [1.54, 1.807) is 6.26 Å². The third kappa shape index (κ3) is 2.78. The zero-order chi connectivity index (χ0) is 15.0.